The van der Waals surface area contributed by atoms with E-state index in [1.165, 1.54) is 4.90 Å². The molecule has 5 nitrogen and oxygen atoms in total. The number of carbonyl (C=O) groups excluding carboxylic acids is 1. The second-order valence-electron chi connectivity index (χ2n) is 4.94. The highest BCUT2D eigenvalue weighted by molar-refractivity contribution is 7.80. The average molecular weight is 304 g/mol. The van der Waals surface area contributed by atoms with Crippen molar-refractivity contribution in [2.75, 3.05) is 11.9 Å². The molecule has 0 saturated carbocycles. The Labute approximate surface area is 128 Å². The number of nitrogens with zero attached hydrogens (tertiary/aromatic N) is 1. The number of benzene rings is 1. The fourth-order valence-electron chi connectivity index (χ4n) is 2.43. The van der Waals surface area contributed by atoms with Gasteiger partial charge in [0.2, 0.25) is 6.10 Å². The summed E-state index contributed by atoms with van der Waals surface area (Å²) in [5, 5.41) is 3.47. The van der Waals surface area contributed by atoms with E-state index in [1.54, 1.807) is 0 Å². The van der Waals surface area contributed by atoms with Crippen molar-refractivity contribution >= 4 is 29.0 Å². The third-order valence-electron chi connectivity index (χ3n) is 3.51. The van der Waals surface area contributed by atoms with Crippen molar-refractivity contribution in [1.82, 2.24) is 4.90 Å². The second kappa shape index (κ2) is 5.37. The van der Waals surface area contributed by atoms with Crippen LogP contribution in [0.15, 0.2) is 35.9 Å². The summed E-state index contributed by atoms with van der Waals surface area (Å²) in [6.07, 6.45) is 0.902. The van der Waals surface area contributed by atoms with Crippen LogP contribution in [0.1, 0.15) is 13.8 Å². The fourth-order valence-corrected chi connectivity index (χ4v) is 2.74. The molecule has 1 N–H and O–H groups in total. The van der Waals surface area contributed by atoms with Gasteiger partial charge in [0.15, 0.2) is 6.23 Å². The molecule has 3 rings (SSSR count). The van der Waals surface area contributed by atoms with Gasteiger partial charge in [-0.05, 0) is 49.8 Å². The summed E-state index contributed by atoms with van der Waals surface area (Å²) in [5.41, 5.74) is 1.72. The Morgan fingerprint density at radius 1 is 1.43 bits per heavy atom. The van der Waals surface area contributed by atoms with E-state index in [4.69, 9.17) is 21.7 Å². The smallest absolute Gasteiger partial charge is 0.275 e. The Kier molecular flexibility index (Phi) is 3.55. The van der Waals surface area contributed by atoms with Crippen molar-refractivity contribution in [2.24, 2.45) is 0 Å². The zero-order valence-electron chi connectivity index (χ0n) is 11.8. The van der Waals surface area contributed by atoms with Gasteiger partial charge in [0.05, 0.1) is 5.69 Å². The van der Waals surface area contributed by atoms with Crippen molar-refractivity contribution in [2.45, 2.75) is 26.2 Å². The predicted molar refractivity (Wildman–Crippen MR) is 83.1 cm³/mol. The first-order valence-electron chi connectivity index (χ1n) is 6.82. The van der Waals surface area contributed by atoms with Gasteiger partial charge in [-0.3, -0.25) is 9.69 Å². The van der Waals surface area contributed by atoms with E-state index in [-0.39, 0.29) is 17.3 Å². The Balaban J connectivity index is 1.74. The van der Waals surface area contributed by atoms with E-state index in [1.807, 2.05) is 44.2 Å². The van der Waals surface area contributed by atoms with E-state index >= 15 is 0 Å². The van der Waals surface area contributed by atoms with Gasteiger partial charge in [0, 0.05) is 6.54 Å². The molecule has 1 saturated heterocycles. The summed E-state index contributed by atoms with van der Waals surface area (Å²) in [6, 6.07) is 7.70. The van der Waals surface area contributed by atoms with Crippen molar-refractivity contribution in [1.29, 1.82) is 0 Å². The predicted octanol–water partition coefficient (Wildman–Crippen LogP) is 2.30. The van der Waals surface area contributed by atoms with Crippen LogP contribution in [0.4, 0.5) is 5.69 Å². The monoisotopic (exact) mass is 304 g/mol. The minimum Gasteiger partial charge on any atom is -0.465 e. The van der Waals surface area contributed by atoms with E-state index in [9.17, 15) is 4.79 Å². The molecule has 1 aromatic carbocycles. The first-order valence-corrected chi connectivity index (χ1v) is 7.23. The number of rotatable bonds is 3. The number of amides is 1. The molecule has 2 aliphatic heterocycles. The minimum absolute atomic E-state index is 0.119. The molecular weight excluding hydrogens is 288 g/mol. The molecule has 0 aliphatic carbocycles. The Morgan fingerprint density at radius 2 is 2.19 bits per heavy atom. The highest BCUT2D eigenvalue weighted by atomic mass is 32.1. The topological polar surface area (TPSA) is 50.8 Å². The van der Waals surface area contributed by atoms with E-state index in [2.05, 4.69) is 5.32 Å². The molecule has 2 atom stereocenters. The fraction of sp³-hybridized carbons (Fsp3) is 0.333. The Hall–Kier alpha value is -2.08. The van der Waals surface area contributed by atoms with Crippen molar-refractivity contribution in [3.8, 4) is 5.75 Å². The van der Waals surface area contributed by atoms with Crippen LogP contribution in [0.3, 0.4) is 0 Å². The average Bonchev–Trinajstić information content (AvgIpc) is 2.99. The standard InChI is InChI=1S/C15H16N2O3S/c1-3-17-14(18)13(20-15(17)21)9(2)8-12-16-10-6-4-5-7-11(10)19-12/h4-8,12-13,16H,3H2,1-2H3. The lowest BCUT2D eigenvalue weighted by atomic mass is 10.1. The van der Waals surface area contributed by atoms with Gasteiger partial charge >= 0.3 is 0 Å². The number of ether oxygens (including phenoxy) is 2. The quantitative estimate of drug-likeness (QED) is 0.686. The lowest BCUT2D eigenvalue weighted by molar-refractivity contribution is -0.128. The van der Waals surface area contributed by atoms with Crippen LogP contribution >= 0.6 is 12.2 Å². The molecular formula is C15H16N2O3S. The van der Waals surface area contributed by atoms with Crippen LogP contribution in [-0.2, 0) is 9.53 Å². The highest BCUT2D eigenvalue weighted by Gasteiger charge is 2.38. The third kappa shape index (κ3) is 2.47. The van der Waals surface area contributed by atoms with Crippen LogP contribution in [0, 0.1) is 0 Å². The number of thiocarbonyl (C=S) groups is 1. The van der Waals surface area contributed by atoms with Gasteiger partial charge in [0.1, 0.15) is 5.75 Å². The number of para-hydroxylation sites is 2. The Bertz CT molecular complexity index is 604. The molecule has 0 bridgehead atoms. The number of anilines is 1. The molecule has 0 spiro atoms. The molecule has 21 heavy (non-hydrogen) atoms. The summed E-state index contributed by atoms with van der Waals surface area (Å²) < 4.78 is 11.2. The normalized spacial score (nSPS) is 24.5. The number of fused-ring (bicyclic) bond motifs is 1. The molecule has 2 aliphatic rings. The van der Waals surface area contributed by atoms with Crippen molar-refractivity contribution in [3.05, 3.63) is 35.9 Å². The number of hydrogen-bond donors (Lipinski definition) is 1. The van der Waals surface area contributed by atoms with Gasteiger partial charge in [-0.2, -0.15) is 0 Å². The van der Waals surface area contributed by atoms with E-state index in [0.29, 0.717) is 6.54 Å². The summed E-state index contributed by atoms with van der Waals surface area (Å²) in [6.45, 7) is 4.23. The van der Waals surface area contributed by atoms with Gasteiger partial charge in [0.25, 0.3) is 11.1 Å². The zero-order valence-corrected chi connectivity index (χ0v) is 12.6. The molecule has 110 valence electrons. The van der Waals surface area contributed by atoms with E-state index < -0.39 is 6.10 Å². The zero-order chi connectivity index (χ0) is 15.0. The molecule has 0 aromatic heterocycles. The SMILES string of the molecule is CCN1C(=O)C(C(C)=CC2Nc3ccccc3O2)OC1=S. The molecule has 1 aromatic rings. The maximum atomic E-state index is 12.2. The first-order chi connectivity index (χ1) is 10.1. The molecule has 1 amide bonds. The van der Waals surface area contributed by atoms with Crippen LogP contribution in [0.25, 0.3) is 0 Å². The minimum atomic E-state index is -0.647. The summed E-state index contributed by atoms with van der Waals surface area (Å²) >= 11 is 5.06. The first kappa shape index (κ1) is 13.9. The largest absolute Gasteiger partial charge is 0.465 e. The lowest BCUT2D eigenvalue weighted by Crippen LogP contribution is -2.32. The van der Waals surface area contributed by atoms with Gasteiger partial charge in [-0.25, -0.2) is 0 Å². The molecule has 2 unspecified atom stereocenters. The number of nitrogens with one attached hydrogen (secondary N) is 1. The second-order valence-corrected chi connectivity index (χ2v) is 5.29. The molecule has 0 radical (unpaired) electrons. The maximum Gasteiger partial charge on any atom is 0.275 e. The summed E-state index contributed by atoms with van der Waals surface area (Å²) in [4.78, 5) is 13.7. The Morgan fingerprint density at radius 3 is 2.86 bits per heavy atom. The number of carbonyl (C=O) groups is 1. The number of hydrogen-bond acceptors (Lipinski definition) is 5. The maximum absolute atomic E-state index is 12.2. The molecule has 2 heterocycles. The van der Waals surface area contributed by atoms with E-state index in [0.717, 1.165) is 17.0 Å². The summed E-state index contributed by atoms with van der Waals surface area (Å²) in [5.74, 6) is 0.683. The number of likely N-dealkylation sites (N-methyl/N-ethyl adjacent to an activating group) is 1. The molecule has 1 fully saturated rings. The van der Waals surface area contributed by atoms with Gasteiger partial charge in [-0.1, -0.05) is 12.1 Å². The van der Waals surface area contributed by atoms with Crippen molar-refractivity contribution in [3.63, 3.8) is 0 Å². The van der Waals surface area contributed by atoms with Crippen LogP contribution in [0.5, 0.6) is 5.75 Å². The van der Waals surface area contributed by atoms with Crippen LogP contribution < -0.4 is 10.1 Å². The van der Waals surface area contributed by atoms with Crippen LogP contribution in [0.2, 0.25) is 0 Å². The lowest BCUT2D eigenvalue weighted by Gasteiger charge is -2.12. The summed E-state index contributed by atoms with van der Waals surface area (Å²) in [7, 11) is 0. The molecule has 6 heteroatoms. The third-order valence-corrected chi connectivity index (χ3v) is 3.83. The van der Waals surface area contributed by atoms with Gasteiger partial charge < -0.3 is 14.8 Å². The van der Waals surface area contributed by atoms with Crippen LogP contribution in [-0.4, -0.2) is 34.9 Å². The highest BCUT2D eigenvalue weighted by Crippen LogP contribution is 2.32. The van der Waals surface area contributed by atoms with Crippen molar-refractivity contribution < 1.29 is 14.3 Å². The van der Waals surface area contributed by atoms with Gasteiger partial charge in [-0.15, -0.1) is 0 Å².